The molecular weight excluding hydrogens is 409 g/mol. The summed E-state index contributed by atoms with van der Waals surface area (Å²) in [6.45, 7) is 0. The van der Waals surface area contributed by atoms with E-state index in [-0.39, 0.29) is 16.3 Å². The number of hydrogen-bond acceptors (Lipinski definition) is 5. The molecule has 0 spiro atoms. The first-order chi connectivity index (χ1) is 12.0. The molecule has 0 saturated carbocycles. The predicted molar refractivity (Wildman–Crippen MR) is 95.9 cm³/mol. The van der Waals surface area contributed by atoms with Crippen LogP contribution in [-0.4, -0.2) is 16.0 Å². The number of nitrogens with one attached hydrogen (secondary N) is 1. The van der Waals surface area contributed by atoms with E-state index in [9.17, 15) is 14.3 Å². The molecule has 0 atom stereocenters. The summed E-state index contributed by atoms with van der Waals surface area (Å²) in [5.41, 5.74) is 0.940. The molecule has 3 aromatic rings. The molecule has 1 amide bonds. The van der Waals surface area contributed by atoms with E-state index in [1.54, 1.807) is 0 Å². The molecule has 2 heterocycles. The number of anilines is 2. The number of aromatic nitrogens is 1. The molecule has 0 fully saturated rings. The van der Waals surface area contributed by atoms with E-state index in [0.717, 1.165) is 21.5 Å². The Morgan fingerprint density at radius 3 is 2.68 bits per heavy atom. The van der Waals surface area contributed by atoms with Gasteiger partial charge in [0.1, 0.15) is 10.7 Å². The smallest absolute Gasteiger partial charge is 0.279 e. The third kappa shape index (κ3) is 2.94. The summed E-state index contributed by atoms with van der Waals surface area (Å²) < 4.78 is 14.5. The third-order valence-corrected chi connectivity index (χ3v) is 5.10. The van der Waals surface area contributed by atoms with Crippen LogP contribution in [0.4, 0.5) is 15.2 Å². The number of nitrogens with zero attached hydrogens (tertiary/aromatic N) is 2. The van der Waals surface area contributed by atoms with Crippen molar-refractivity contribution in [1.82, 2.24) is 4.98 Å². The van der Waals surface area contributed by atoms with Gasteiger partial charge >= 0.3 is 0 Å². The SMILES string of the molecule is O=C1N=c2ccc(F)cc2=C1c1sc(Nc2ccc(Br)cc2)nc1O. The van der Waals surface area contributed by atoms with Gasteiger partial charge in [-0.05, 0) is 42.5 Å². The van der Waals surface area contributed by atoms with Crippen molar-refractivity contribution in [2.45, 2.75) is 0 Å². The van der Waals surface area contributed by atoms with Crippen molar-refractivity contribution in [3.63, 3.8) is 0 Å². The zero-order valence-corrected chi connectivity index (χ0v) is 14.9. The minimum absolute atomic E-state index is 0.161. The van der Waals surface area contributed by atoms with Gasteiger partial charge in [0.2, 0.25) is 5.88 Å². The molecule has 0 saturated heterocycles. The van der Waals surface area contributed by atoms with Gasteiger partial charge in [-0.2, -0.15) is 4.98 Å². The Kier molecular flexibility index (Phi) is 3.85. The van der Waals surface area contributed by atoms with Gasteiger partial charge < -0.3 is 10.4 Å². The Bertz CT molecular complexity index is 1130. The molecule has 0 aliphatic carbocycles. The maximum atomic E-state index is 13.5. The van der Waals surface area contributed by atoms with Crippen LogP contribution in [0.1, 0.15) is 4.88 Å². The molecule has 25 heavy (non-hydrogen) atoms. The van der Waals surface area contributed by atoms with Crippen LogP contribution in [0.2, 0.25) is 0 Å². The van der Waals surface area contributed by atoms with Crippen LogP contribution in [0, 0.1) is 5.82 Å². The average molecular weight is 418 g/mol. The largest absolute Gasteiger partial charge is 0.492 e. The number of carbonyl (C=O) groups is 1. The van der Waals surface area contributed by atoms with E-state index >= 15 is 0 Å². The summed E-state index contributed by atoms with van der Waals surface area (Å²) in [6.07, 6.45) is 0. The topological polar surface area (TPSA) is 74.6 Å². The first kappa shape index (κ1) is 15.9. The normalized spacial score (nSPS) is 12.9. The molecule has 124 valence electrons. The highest BCUT2D eigenvalue weighted by Gasteiger charge is 2.25. The van der Waals surface area contributed by atoms with Gasteiger partial charge in [0, 0.05) is 15.4 Å². The van der Waals surface area contributed by atoms with Crippen molar-refractivity contribution in [2.75, 3.05) is 5.32 Å². The Morgan fingerprint density at radius 1 is 1.16 bits per heavy atom. The first-order valence-corrected chi connectivity index (χ1v) is 8.78. The summed E-state index contributed by atoms with van der Waals surface area (Å²) in [5, 5.41) is 14.4. The number of halogens is 2. The Labute approximate surface area is 153 Å². The monoisotopic (exact) mass is 417 g/mol. The lowest BCUT2D eigenvalue weighted by Crippen LogP contribution is -2.23. The van der Waals surface area contributed by atoms with Crippen molar-refractivity contribution in [2.24, 2.45) is 4.99 Å². The molecule has 5 nitrogen and oxygen atoms in total. The second-order valence-corrected chi connectivity index (χ2v) is 7.17. The van der Waals surface area contributed by atoms with Gasteiger partial charge in [-0.15, -0.1) is 0 Å². The molecule has 1 aliphatic rings. The fourth-order valence-electron chi connectivity index (χ4n) is 2.49. The number of aromatic hydroxyl groups is 1. The van der Waals surface area contributed by atoms with Crippen LogP contribution in [-0.2, 0) is 4.79 Å². The minimum atomic E-state index is -0.519. The van der Waals surface area contributed by atoms with Gasteiger partial charge in [0.25, 0.3) is 5.91 Å². The van der Waals surface area contributed by atoms with E-state index in [1.807, 2.05) is 24.3 Å². The van der Waals surface area contributed by atoms with E-state index in [4.69, 9.17) is 0 Å². The lowest BCUT2D eigenvalue weighted by molar-refractivity contribution is -0.112. The second kappa shape index (κ2) is 6.05. The van der Waals surface area contributed by atoms with Crippen LogP contribution in [0.3, 0.4) is 0 Å². The Morgan fingerprint density at radius 2 is 1.92 bits per heavy atom. The highest BCUT2D eigenvalue weighted by molar-refractivity contribution is 9.10. The zero-order valence-electron chi connectivity index (χ0n) is 12.5. The number of amides is 1. The zero-order chi connectivity index (χ0) is 17.6. The van der Waals surface area contributed by atoms with E-state index in [1.165, 1.54) is 18.2 Å². The van der Waals surface area contributed by atoms with Crippen LogP contribution in [0.25, 0.3) is 5.57 Å². The number of fused-ring (bicyclic) bond motifs is 1. The molecule has 2 aromatic carbocycles. The number of hydrogen-bond donors (Lipinski definition) is 2. The fourth-order valence-corrected chi connectivity index (χ4v) is 3.69. The Balaban J connectivity index is 1.78. The van der Waals surface area contributed by atoms with Crippen LogP contribution in [0.5, 0.6) is 5.88 Å². The molecule has 0 unspecified atom stereocenters. The molecule has 2 N–H and O–H groups in total. The lowest BCUT2D eigenvalue weighted by atomic mass is 10.1. The number of rotatable bonds is 3. The van der Waals surface area contributed by atoms with Gasteiger partial charge in [0.15, 0.2) is 5.13 Å². The van der Waals surface area contributed by atoms with Crippen molar-refractivity contribution < 1.29 is 14.3 Å². The minimum Gasteiger partial charge on any atom is -0.492 e. The average Bonchev–Trinajstić information content (AvgIpc) is 3.08. The van der Waals surface area contributed by atoms with Crippen molar-refractivity contribution >= 4 is 49.6 Å². The predicted octanol–water partition coefficient (Wildman–Crippen LogP) is 2.85. The van der Waals surface area contributed by atoms with Crippen molar-refractivity contribution in [3.05, 3.63) is 68.2 Å². The van der Waals surface area contributed by atoms with Gasteiger partial charge in [-0.25, -0.2) is 9.38 Å². The third-order valence-electron chi connectivity index (χ3n) is 3.60. The summed E-state index contributed by atoms with van der Waals surface area (Å²) in [6, 6.07) is 11.3. The maximum Gasteiger partial charge on any atom is 0.279 e. The molecule has 1 aliphatic heterocycles. The molecule has 0 bridgehead atoms. The van der Waals surface area contributed by atoms with Crippen LogP contribution >= 0.6 is 27.3 Å². The van der Waals surface area contributed by atoms with Gasteiger partial charge in [0.05, 0.1) is 10.9 Å². The van der Waals surface area contributed by atoms with Crippen molar-refractivity contribution in [3.8, 4) is 5.88 Å². The van der Waals surface area contributed by atoms with E-state index in [0.29, 0.717) is 15.7 Å². The summed E-state index contributed by atoms with van der Waals surface area (Å²) in [4.78, 5) is 20.4. The van der Waals surface area contributed by atoms with E-state index in [2.05, 4.69) is 31.2 Å². The lowest BCUT2D eigenvalue weighted by Gasteiger charge is -2.01. The standard InChI is InChI=1S/C17H9BrFN3O2S/c18-8-1-4-10(5-2-8)20-17-22-16(24)14(25-17)13-11-7-9(19)3-6-12(11)21-15(13)23/h1-7,24H,(H,20,22). The highest BCUT2D eigenvalue weighted by atomic mass is 79.9. The fraction of sp³-hybridized carbons (Fsp3) is 0. The maximum absolute atomic E-state index is 13.5. The summed E-state index contributed by atoms with van der Waals surface area (Å²) >= 11 is 4.46. The highest BCUT2D eigenvalue weighted by Crippen LogP contribution is 2.35. The number of thiazole rings is 1. The van der Waals surface area contributed by atoms with Crippen LogP contribution < -0.4 is 15.9 Å². The molecule has 4 rings (SSSR count). The second-order valence-electron chi connectivity index (χ2n) is 5.26. The van der Waals surface area contributed by atoms with Crippen molar-refractivity contribution in [1.29, 1.82) is 0 Å². The summed E-state index contributed by atoms with van der Waals surface area (Å²) in [7, 11) is 0. The first-order valence-electron chi connectivity index (χ1n) is 7.17. The van der Waals surface area contributed by atoms with E-state index < -0.39 is 11.7 Å². The molecule has 8 heteroatoms. The molecule has 1 aromatic heterocycles. The summed E-state index contributed by atoms with van der Waals surface area (Å²) in [5.74, 6) is -1.28. The van der Waals surface area contributed by atoms with Gasteiger partial charge in [-0.1, -0.05) is 27.3 Å². The molecular formula is C17H9BrFN3O2S. The van der Waals surface area contributed by atoms with Crippen LogP contribution in [0.15, 0.2) is 51.9 Å². The number of benzene rings is 2. The quantitative estimate of drug-likeness (QED) is 0.686. The molecule has 0 radical (unpaired) electrons. The Hall–Kier alpha value is -2.58. The number of carbonyl (C=O) groups excluding carboxylic acids is 1. The van der Waals surface area contributed by atoms with Gasteiger partial charge in [-0.3, -0.25) is 4.79 Å².